The summed E-state index contributed by atoms with van der Waals surface area (Å²) in [4.78, 5) is 11.5. The number of rotatable bonds is 5. The van der Waals surface area contributed by atoms with E-state index in [1.807, 2.05) is 5.32 Å². The largest absolute Gasteiger partial charge is 0.405 e. The van der Waals surface area contributed by atoms with Crippen LogP contribution in [0.2, 0.25) is 0 Å². The Hall–Kier alpha value is -1.27. The fourth-order valence-corrected chi connectivity index (χ4v) is 1.61. The maximum atomic E-state index is 12.0. The lowest BCUT2D eigenvalue weighted by molar-refractivity contribution is -0.123. The fraction of sp³-hybridized carbons (Fsp3) is 0.462. The van der Waals surface area contributed by atoms with Crippen molar-refractivity contribution in [3.8, 4) is 0 Å². The van der Waals surface area contributed by atoms with Crippen LogP contribution in [0.4, 0.5) is 13.2 Å². The maximum absolute atomic E-state index is 12.0. The first kappa shape index (κ1) is 16.8. The van der Waals surface area contributed by atoms with Crippen LogP contribution in [0, 0.1) is 0 Å². The first-order chi connectivity index (χ1) is 8.94. The van der Waals surface area contributed by atoms with Gasteiger partial charge >= 0.3 is 6.18 Å². The highest BCUT2D eigenvalue weighted by Crippen LogP contribution is 2.19. The third-order valence-corrected chi connectivity index (χ3v) is 2.84. The van der Waals surface area contributed by atoms with Crippen LogP contribution in [0.25, 0.3) is 0 Å². The molecule has 0 saturated heterocycles. The zero-order chi connectivity index (χ0) is 13.9. The topological polar surface area (TPSA) is 41.1 Å². The Morgan fingerprint density at radius 3 is 2.30 bits per heavy atom. The average molecular weight is 309 g/mol. The molecule has 112 valence electrons. The quantitative estimate of drug-likeness (QED) is 0.878. The van der Waals surface area contributed by atoms with E-state index in [0.29, 0.717) is 6.04 Å². The van der Waals surface area contributed by atoms with Crippen molar-refractivity contribution in [3.63, 3.8) is 0 Å². The molecule has 1 aliphatic carbocycles. The molecule has 0 unspecified atom stereocenters. The van der Waals surface area contributed by atoms with Gasteiger partial charge in [-0.3, -0.25) is 4.79 Å². The molecule has 0 heterocycles. The monoisotopic (exact) mass is 308 g/mol. The SMILES string of the molecule is Cl.O=C(NCC(F)(F)F)c1ccc(CNC2CC2)cc1. The molecular weight excluding hydrogens is 293 g/mol. The first-order valence-corrected chi connectivity index (χ1v) is 6.11. The number of carbonyl (C=O) groups excluding carboxylic acids is 1. The molecule has 0 aromatic heterocycles. The lowest BCUT2D eigenvalue weighted by Crippen LogP contribution is -2.33. The molecule has 1 aromatic carbocycles. The predicted octanol–water partition coefficient (Wildman–Crippen LogP) is 2.65. The smallest absolute Gasteiger partial charge is 0.343 e. The van der Waals surface area contributed by atoms with E-state index in [1.54, 1.807) is 12.1 Å². The van der Waals surface area contributed by atoms with Gasteiger partial charge < -0.3 is 10.6 Å². The van der Waals surface area contributed by atoms with Gasteiger partial charge in [0.15, 0.2) is 0 Å². The summed E-state index contributed by atoms with van der Waals surface area (Å²) in [5, 5.41) is 5.16. The Kier molecular flexibility index (Phi) is 5.83. The number of benzene rings is 1. The molecular formula is C13H16ClF3N2O. The number of hydrogen-bond donors (Lipinski definition) is 2. The maximum Gasteiger partial charge on any atom is 0.405 e. The molecule has 1 amide bonds. The van der Waals surface area contributed by atoms with Crippen molar-refractivity contribution in [1.82, 2.24) is 10.6 Å². The third-order valence-electron chi connectivity index (χ3n) is 2.84. The molecule has 2 N–H and O–H groups in total. The van der Waals surface area contributed by atoms with Crippen LogP contribution in [0.1, 0.15) is 28.8 Å². The number of carbonyl (C=O) groups is 1. The van der Waals surface area contributed by atoms with Gasteiger partial charge in [0.1, 0.15) is 6.54 Å². The minimum atomic E-state index is -4.39. The summed E-state index contributed by atoms with van der Waals surface area (Å²) in [5.41, 5.74) is 1.25. The zero-order valence-electron chi connectivity index (χ0n) is 10.7. The third kappa shape index (κ3) is 5.79. The van der Waals surface area contributed by atoms with Gasteiger partial charge in [0.2, 0.25) is 0 Å². The molecule has 0 radical (unpaired) electrons. The predicted molar refractivity (Wildman–Crippen MR) is 71.9 cm³/mol. The van der Waals surface area contributed by atoms with E-state index in [4.69, 9.17) is 0 Å². The molecule has 3 nitrogen and oxygen atoms in total. The van der Waals surface area contributed by atoms with Crippen molar-refractivity contribution >= 4 is 18.3 Å². The van der Waals surface area contributed by atoms with Crippen molar-refractivity contribution in [1.29, 1.82) is 0 Å². The number of nitrogens with one attached hydrogen (secondary N) is 2. The van der Waals surface area contributed by atoms with Crippen LogP contribution >= 0.6 is 12.4 Å². The van der Waals surface area contributed by atoms with Crippen molar-refractivity contribution in [2.24, 2.45) is 0 Å². The number of halogens is 4. The molecule has 0 aliphatic heterocycles. The summed E-state index contributed by atoms with van der Waals surface area (Å²) < 4.78 is 35.9. The van der Waals surface area contributed by atoms with Gasteiger partial charge in [-0.25, -0.2) is 0 Å². The van der Waals surface area contributed by atoms with Gasteiger partial charge in [-0.2, -0.15) is 13.2 Å². The van der Waals surface area contributed by atoms with Gasteiger partial charge in [0.05, 0.1) is 0 Å². The summed E-state index contributed by atoms with van der Waals surface area (Å²) in [7, 11) is 0. The highest BCUT2D eigenvalue weighted by atomic mass is 35.5. The second-order valence-electron chi connectivity index (χ2n) is 4.65. The zero-order valence-corrected chi connectivity index (χ0v) is 11.5. The first-order valence-electron chi connectivity index (χ1n) is 6.11. The summed E-state index contributed by atoms with van der Waals surface area (Å²) in [5.74, 6) is -0.709. The fourth-order valence-electron chi connectivity index (χ4n) is 1.61. The highest BCUT2D eigenvalue weighted by Gasteiger charge is 2.27. The van der Waals surface area contributed by atoms with E-state index in [9.17, 15) is 18.0 Å². The molecule has 0 atom stereocenters. The van der Waals surface area contributed by atoms with Crippen molar-refractivity contribution < 1.29 is 18.0 Å². The number of amides is 1. The summed E-state index contributed by atoms with van der Waals surface area (Å²) >= 11 is 0. The normalized spacial score (nSPS) is 14.6. The minimum Gasteiger partial charge on any atom is -0.343 e. The molecule has 20 heavy (non-hydrogen) atoms. The highest BCUT2D eigenvalue weighted by molar-refractivity contribution is 5.94. The van der Waals surface area contributed by atoms with Crippen LogP contribution < -0.4 is 10.6 Å². The van der Waals surface area contributed by atoms with E-state index in [0.717, 1.165) is 12.1 Å². The second kappa shape index (κ2) is 6.95. The molecule has 1 saturated carbocycles. The molecule has 0 spiro atoms. The summed E-state index contributed by atoms with van der Waals surface area (Å²) in [6.07, 6.45) is -2.00. The van der Waals surface area contributed by atoms with Gasteiger partial charge in [0.25, 0.3) is 5.91 Å². The van der Waals surface area contributed by atoms with Crippen molar-refractivity contribution in [2.45, 2.75) is 31.6 Å². The second-order valence-corrected chi connectivity index (χ2v) is 4.65. The Labute approximate surface area is 121 Å². The summed E-state index contributed by atoms with van der Waals surface area (Å²) in [6, 6.07) is 7.16. The molecule has 1 aliphatic rings. The van der Waals surface area contributed by atoms with Crippen LogP contribution in [-0.2, 0) is 6.54 Å². The lowest BCUT2D eigenvalue weighted by atomic mass is 10.1. The van der Waals surface area contributed by atoms with Crippen LogP contribution in [0.15, 0.2) is 24.3 Å². The number of hydrogen-bond acceptors (Lipinski definition) is 2. The standard InChI is InChI=1S/C13H15F3N2O.ClH/c14-13(15,16)8-18-12(19)10-3-1-9(2-4-10)7-17-11-5-6-11;/h1-4,11,17H,5-8H2,(H,18,19);1H. The van der Waals surface area contributed by atoms with Crippen LogP contribution in [0.3, 0.4) is 0 Å². The Balaban J connectivity index is 0.00000200. The minimum absolute atomic E-state index is 0. The van der Waals surface area contributed by atoms with E-state index >= 15 is 0 Å². The number of alkyl halides is 3. The van der Waals surface area contributed by atoms with Crippen LogP contribution in [0.5, 0.6) is 0 Å². The van der Waals surface area contributed by atoms with E-state index in [1.165, 1.54) is 25.0 Å². The Morgan fingerprint density at radius 2 is 1.80 bits per heavy atom. The van der Waals surface area contributed by atoms with E-state index in [2.05, 4.69) is 5.32 Å². The van der Waals surface area contributed by atoms with E-state index < -0.39 is 18.6 Å². The molecule has 1 fully saturated rings. The Bertz CT molecular complexity index is 444. The van der Waals surface area contributed by atoms with Gasteiger partial charge in [0, 0.05) is 18.2 Å². The van der Waals surface area contributed by atoms with Crippen molar-refractivity contribution in [2.75, 3.05) is 6.54 Å². The van der Waals surface area contributed by atoms with Crippen molar-refractivity contribution in [3.05, 3.63) is 35.4 Å². The van der Waals surface area contributed by atoms with Gasteiger partial charge in [-0.15, -0.1) is 12.4 Å². The molecule has 2 rings (SSSR count). The molecule has 1 aromatic rings. The summed E-state index contributed by atoms with van der Waals surface area (Å²) in [6.45, 7) is -0.591. The Morgan fingerprint density at radius 1 is 1.20 bits per heavy atom. The van der Waals surface area contributed by atoms with E-state index in [-0.39, 0.29) is 18.0 Å². The molecule has 7 heteroatoms. The lowest BCUT2D eigenvalue weighted by Gasteiger charge is -2.09. The van der Waals surface area contributed by atoms with Gasteiger partial charge in [-0.1, -0.05) is 12.1 Å². The van der Waals surface area contributed by atoms with Crippen LogP contribution in [-0.4, -0.2) is 24.7 Å². The average Bonchev–Trinajstić information content (AvgIpc) is 3.17. The molecule has 0 bridgehead atoms. The van der Waals surface area contributed by atoms with Gasteiger partial charge in [-0.05, 0) is 30.5 Å².